The molecule has 0 saturated carbocycles. The van der Waals surface area contributed by atoms with Gasteiger partial charge in [-0.25, -0.2) is 4.98 Å². The Kier molecular flexibility index (Phi) is 5.76. The highest BCUT2D eigenvalue weighted by Crippen LogP contribution is 2.38. The second kappa shape index (κ2) is 9.27. The van der Waals surface area contributed by atoms with Crippen LogP contribution < -0.4 is 5.43 Å². The van der Waals surface area contributed by atoms with Crippen LogP contribution in [0, 0.1) is 20.8 Å². The van der Waals surface area contributed by atoms with Crippen molar-refractivity contribution in [2.45, 2.75) is 20.8 Å². The van der Waals surface area contributed by atoms with E-state index in [1.165, 1.54) is 28.3 Å². The molecule has 3 heterocycles. The molecule has 186 valence electrons. The largest absolute Gasteiger partial charge is 0.367 e. The summed E-state index contributed by atoms with van der Waals surface area (Å²) in [6.45, 7) is 6.48. The summed E-state index contributed by atoms with van der Waals surface area (Å²) in [5.41, 5.74) is 12.5. The standard InChI is InChI=1S/C33H28N4O/c1-20-14-21(2)31(22(3)15-20)25-17-23(16-24(18-25)28-9-5-6-12-35-28)26-8-7-10-29-32(26)36-33(37(29)4)27-19-34-13-11-30(27)38/h5-19H,1-4H3,(H,34,38). The lowest BCUT2D eigenvalue weighted by molar-refractivity contribution is 0.955. The van der Waals surface area contributed by atoms with Crippen LogP contribution in [0.5, 0.6) is 0 Å². The van der Waals surface area contributed by atoms with Crippen molar-refractivity contribution in [2.24, 2.45) is 7.05 Å². The minimum Gasteiger partial charge on any atom is -0.367 e. The number of pyridine rings is 2. The number of rotatable bonds is 4. The van der Waals surface area contributed by atoms with Crippen molar-refractivity contribution in [3.8, 4) is 44.9 Å². The minimum atomic E-state index is -0.0616. The third kappa shape index (κ3) is 4.02. The van der Waals surface area contributed by atoms with Crippen LogP contribution in [-0.4, -0.2) is 19.5 Å². The Morgan fingerprint density at radius 3 is 2.29 bits per heavy atom. The van der Waals surface area contributed by atoms with Crippen LogP contribution in [0.15, 0.2) is 96.2 Å². The molecule has 0 unspecified atom stereocenters. The molecule has 6 rings (SSSR count). The molecule has 0 aliphatic rings. The van der Waals surface area contributed by atoms with E-state index in [0.717, 1.165) is 39.0 Å². The number of H-pyrrole nitrogens is 1. The van der Waals surface area contributed by atoms with Crippen molar-refractivity contribution < 1.29 is 0 Å². The van der Waals surface area contributed by atoms with E-state index < -0.39 is 0 Å². The third-order valence-corrected chi connectivity index (χ3v) is 7.15. The highest BCUT2D eigenvalue weighted by atomic mass is 16.1. The number of aromatic nitrogens is 4. The number of hydrogen-bond donors (Lipinski definition) is 1. The molecule has 3 aromatic carbocycles. The van der Waals surface area contributed by atoms with Crippen molar-refractivity contribution in [1.29, 1.82) is 0 Å². The molecular weight excluding hydrogens is 468 g/mol. The fraction of sp³-hybridized carbons (Fsp3) is 0.121. The summed E-state index contributed by atoms with van der Waals surface area (Å²) in [7, 11) is 1.95. The van der Waals surface area contributed by atoms with Crippen LogP contribution in [0.4, 0.5) is 0 Å². The van der Waals surface area contributed by atoms with Crippen LogP contribution in [0.2, 0.25) is 0 Å². The molecule has 38 heavy (non-hydrogen) atoms. The van der Waals surface area contributed by atoms with E-state index in [1.54, 1.807) is 12.4 Å². The van der Waals surface area contributed by atoms with Gasteiger partial charge in [-0.05, 0) is 85.0 Å². The first-order valence-corrected chi connectivity index (χ1v) is 12.7. The van der Waals surface area contributed by atoms with Crippen LogP contribution in [0.3, 0.4) is 0 Å². The van der Waals surface area contributed by atoms with Crippen molar-refractivity contribution in [1.82, 2.24) is 19.5 Å². The maximum absolute atomic E-state index is 12.6. The fourth-order valence-electron chi connectivity index (χ4n) is 5.52. The lowest BCUT2D eigenvalue weighted by atomic mass is 9.89. The molecule has 0 aliphatic carbocycles. The van der Waals surface area contributed by atoms with E-state index in [4.69, 9.17) is 4.98 Å². The van der Waals surface area contributed by atoms with Gasteiger partial charge in [0.05, 0.1) is 22.3 Å². The predicted octanol–water partition coefficient (Wildman–Crippen LogP) is 7.25. The Bertz CT molecular complexity index is 1860. The van der Waals surface area contributed by atoms with Gasteiger partial charge in [0.25, 0.3) is 0 Å². The number of nitrogens with zero attached hydrogens (tertiary/aromatic N) is 3. The van der Waals surface area contributed by atoms with Gasteiger partial charge in [0.15, 0.2) is 5.43 Å². The summed E-state index contributed by atoms with van der Waals surface area (Å²) in [5, 5.41) is 0. The Hall–Kier alpha value is -4.77. The molecule has 0 saturated heterocycles. The summed E-state index contributed by atoms with van der Waals surface area (Å²) >= 11 is 0. The van der Waals surface area contributed by atoms with Crippen LogP contribution in [0.1, 0.15) is 16.7 Å². The van der Waals surface area contributed by atoms with Crippen LogP contribution in [-0.2, 0) is 7.05 Å². The lowest BCUT2D eigenvalue weighted by Crippen LogP contribution is -2.06. The molecule has 0 aliphatic heterocycles. The Morgan fingerprint density at radius 2 is 1.55 bits per heavy atom. The van der Waals surface area contributed by atoms with E-state index >= 15 is 0 Å². The SMILES string of the molecule is Cc1cc(C)c(-c2cc(-c3ccccn3)cc(-c3cccc4c3nc(-c3c[nH]ccc3=O)n4C)c2)c(C)c1. The number of para-hydroxylation sites is 1. The number of benzene rings is 3. The van der Waals surface area contributed by atoms with E-state index in [0.29, 0.717) is 11.4 Å². The van der Waals surface area contributed by atoms with Gasteiger partial charge in [-0.3, -0.25) is 9.78 Å². The van der Waals surface area contributed by atoms with E-state index in [9.17, 15) is 4.79 Å². The van der Waals surface area contributed by atoms with Crippen molar-refractivity contribution in [3.05, 3.63) is 118 Å². The maximum Gasteiger partial charge on any atom is 0.192 e. The van der Waals surface area contributed by atoms with E-state index in [-0.39, 0.29) is 5.43 Å². The molecular formula is C33H28N4O. The smallest absolute Gasteiger partial charge is 0.192 e. The number of aromatic amines is 1. The lowest BCUT2D eigenvalue weighted by Gasteiger charge is -2.15. The Balaban J connectivity index is 1.63. The molecule has 0 fully saturated rings. The highest BCUT2D eigenvalue weighted by Gasteiger charge is 2.18. The zero-order valence-corrected chi connectivity index (χ0v) is 21.9. The predicted molar refractivity (Wildman–Crippen MR) is 155 cm³/mol. The van der Waals surface area contributed by atoms with Gasteiger partial charge in [-0.1, -0.05) is 35.9 Å². The molecule has 1 N–H and O–H groups in total. The number of imidazole rings is 1. The minimum absolute atomic E-state index is 0.0616. The number of hydrogen-bond acceptors (Lipinski definition) is 3. The van der Waals surface area contributed by atoms with Gasteiger partial charge in [0.2, 0.25) is 0 Å². The second-order valence-electron chi connectivity index (χ2n) is 9.88. The van der Waals surface area contributed by atoms with Crippen LogP contribution >= 0.6 is 0 Å². The summed E-state index contributed by atoms with van der Waals surface area (Å²) < 4.78 is 1.99. The topological polar surface area (TPSA) is 63.6 Å². The molecule has 0 spiro atoms. The first-order valence-electron chi connectivity index (χ1n) is 12.7. The number of aryl methyl sites for hydroxylation is 4. The average molecular weight is 497 g/mol. The summed E-state index contributed by atoms with van der Waals surface area (Å²) in [4.78, 5) is 25.3. The van der Waals surface area contributed by atoms with Gasteiger partial charge in [0, 0.05) is 42.8 Å². The molecule has 3 aromatic heterocycles. The van der Waals surface area contributed by atoms with Crippen molar-refractivity contribution in [3.63, 3.8) is 0 Å². The van der Waals surface area contributed by atoms with Crippen LogP contribution in [0.25, 0.3) is 55.9 Å². The second-order valence-corrected chi connectivity index (χ2v) is 9.88. The van der Waals surface area contributed by atoms with E-state index in [2.05, 4.69) is 67.1 Å². The first kappa shape index (κ1) is 23.6. The molecule has 0 atom stereocenters. The van der Waals surface area contributed by atoms with Gasteiger partial charge in [-0.15, -0.1) is 0 Å². The average Bonchev–Trinajstić information content (AvgIpc) is 3.25. The van der Waals surface area contributed by atoms with E-state index in [1.807, 2.05) is 48.1 Å². The molecule has 0 radical (unpaired) electrons. The highest BCUT2D eigenvalue weighted by molar-refractivity contribution is 5.96. The molecule has 0 bridgehead atoms. The van der Waals surface area contributed by atoms with Gasteiger partial charge in [-0.2, -0.15) is 0 Å². The zero-order chi connectivity index (χ0) is 26.4. The normalized spacial score (nSPS) is 11.3. The molecule has 6 aromatic rings. The van der Waals surface area contributed by atoms with Gasteiger partial charge < -0.3 is 9.55 Å². The monoisotopic (exact) mass is 496 g/mol. The third-order valence-electron chi connectivity index (χ3n) is 7.15. The zero-order valence-electron chi connectivity index (χ0n) is 21.9. The van der Waals surface area contributed by atoms with Crippen molar-refractivity contribution in [2.75, 3.05) is 0 Å². The van der Waals surface area contributed by atoms with Crippen molar-refractivity contribution >= 4 is 11.0 Å². The summed E-state index contributed by atoms with van der Waals surface area (Å²) in [6.07, 6.45) is 5.18. The maximum atomic E-state index is 12.6. The van der Waals surface area contributed by atoms with Gasteiger partial charge >= 0.3 is 0 Å². The van der Waals surface area contributed by atoms with Gasteiger partial charge in [0.1, 0.15) is 5.82 Å². The number of fused-ring (bicyclic) bond motifs is 1. The Labute approximate surface area is 221 Å². The molecule has 5 heteroatoms. The fourth-order valence-corrected chi connectivity index (χ4v) is 5.52. The molecule has 5 nitrogen and oxygen atoms in total. The first-order chi connectivity index (χ1) is 18.4. The summed E-state index contributed by atoms with van der Waals surface area (Å²) in [6, 6.07) is 24.8. The Morgan fingerprint density at radius 1 is 0.789 bits per heavy atom. The quantitative estimate of drug-likeness (QED) is 0.280. The number of nitrogens with one attached hydrogen (secondary N) is 1. The molecule has 0 amide bonds. The summed E-state index contributed by atoms with van der Waals surface area (Å²) in [5.74, 6) is 0.639.